The molecule has 0 heterocycles. The molecule has 6 heteroatoms. The quantitative estimate of drug-likeness (QED) is 0.417. The number of carboxylic acid groups (broad SMARTS) is 2. The fourth-order valence-electron chi connectivity index (χ4n) is 0. The van der Waals surface area contributed by atoms with E-state index >= 15 is 0 Å². The molecule has 5 nitrogen and oxygen atoms in total. The van der Waals surface area contributed by atoms with Gasteiger partial charge in [0.1, 0.15) is 0 Å². The average molecular weight is 279 g/mol. The van der Waals surface area contributed by atoms with E-state index in [2.05, 4.69) is 0 Å². The van der Waals surface area contributed by atoms with Crippen LogP contribution in [0.25, 0.3) is 0 Å². The molecular formula is C2H2O5Yb+. The first-order chi connectivity index (χ1) is 2.64. The van der Waals surface area contributed by atoms with Crippen molar-refractivity contribution < 1.29 is 72.2 Å². The van der Waals surface area contributed by atoms with Gasteiger partial charge in [0, 0.05) is 0 Å². The summed E-state index contributed by atoms with van der Waals surface area (Å²) in [7, 11) is 0. The van der Waals surface area contributed by atoms with Crippen LogP contribution in [-0.4, -0.2) is 17.4 Å². The van der Waals surface area contributed by atoms with Crippen LogP contribution in [0, 0.1) is 46.9 Å². The molecule has 0 aliphatic rings. The third-order valence-electron chi connectivity index (χ3n) is 0.167. The van der Waals surface area contributed by atoms with Gasteiger partial charge in [-0.05, 0) is 0 Å². The van der Waals surface area contributed by atoms with E-state index in [1.165, 1.54) is 0 Å². The van der Waals surface area contributed by atoms with E-state index in [4.69, 9.17) is 19.8 Å². The van der Waals surface area contributed by atoms with Gasteiger partial charge >= 0.3 is 46.9 Å². The van der Waals surface area contributed by atoms with E-state index in [9.17, 15) is 0 Å². The topological polar surface area (TPSA) is 112 Å². The third kappa shape index (κ3) is 9.65. The van der Waals surface area contributed by atoms with Crippen molar-refractivity contribution in [1.29, 1.82) is 0 Å². The number of rotatable bonds is 0. The molecule has 0 aromatic heterocycles. The van der Waals surface area contributed by atoms with Crippen molar-refractivity contribution in [2.24, 2.45) is 0 Å². The molecule has 0 amide bonds. The van der Waals surface area contributed by atoms with Crippen molar-refractivity contribution in [1.82, 2.24) is 0 Å². The standard InChI is InChI=1S/C2H2O4.H2O.Yb/c3-1(4)2(5)6;;/h(H,3,4)(H,5,6);1H2;/q;;+3/p-2. The minimum Gasteiger partial charge on any atom is -0.543 e. The molecular weight excluding hydrogens is 277 g/mol. The van der Waals surface area contributed by atoms with Crippen molar-refractivity contribution in [3.05, 3.63) is 0 Å². The minimum absolute atomic E-state index is 0. The SMILES string of the molecule is O.O=C([O-])C(=O)[O-].[Yb+3]. The minimum atomic E-state index is -2.19. The Bertz CT molecular complexity index is 76.4. The fraction of sp³-hybridized carbons (Fsp3) is 0. The predicted molar refractivity (Wildman–Crippen MR) is 13.6 cm³/mol. The molecule has 0 saturated heterocycles. The van der Waals surface area contributed by atoms with E-state index in [0.717, 1.165) is 0 Å². The smallest absolute Gasteiger partial charge is 0.543 e. The van der Waals surface area contributed by atoms with Crippen LogP contribution in [0.4, 0.5) is 0 Å². The van der Waals surface area contributed by atoms with Crippen LogP contribution >= 0.6 is 0 Å². The van der Waals surface area contributed by atoms with Gasteiger partial charge in [-0.1, -0.05) is 0 Å². The van der Waals surface area contributed by atoms with Gasteiger partial charge in [-0.2, -0.15) is 0 Å². The first kappa shape index (κ1) is 15.8. The summed E-state index contributed by atoms with van der Waals surface area (Å²) in [6.07, 6.45) is 0. The molecule has 2 N–H and O–H groups in total. The molecule has 8 heavy (non-hydrogen) atoms. The molecule has 0 fully saturated rings. The Morgan fingerprint density at radius 3 is 1.12 bits per heavy atom. The summed E-state index contributed by atoms with van der Waals surface area (Å²) in [5.41, 5.74) is 0. The van der Waals surface area contributed by atoms with Crippen molar-refractivity contribution in [2.75, 3.05) is 0 Å². The third-order valence-corrected chi connectivity index (χ3v) is 0.167. The van der Waals surface area contributed by atoms with E-state index < -0.39 is 11.9 Å². The van der Waals surface area contributed by atoms with Crippen LogP contribution in [0.3, 0.4) is 0 Å². The van der Waals surface area contributed by atoms with Gasteiger partial charge in [-0.15, -0.1) is 0 Å². The fourth-order valence-corrected chi connectivity index (χ4v) is 0. The van der Waals surface area contributed by atoms with Crippen LogP contribution in [0.5, 0.6) is 0 Å². The Morgan fingerprint density at radius 2 is 1.12 bits per heavy atom. The zero-order valence-electron chi connectivity index (χ0n) is 3.40. The number of hydrogen-bond acceptors (Lipinski definition) is 4. The Labute approximate surface area is 83.2 Å². The molecule has 0 atom stereocenters. The Morgan fingerprint density at radius 1 is 1.00 bits per heavy atom. The summed E-state index contributed by atoms with van der Waals surface area (Å²) >= 11 is 0. The zero-order valence-corrected chi connectivity index (χ0v) is 5.12. The number of carboxylic acids is 2. The normalized spacial score (nSPS) is 5.50. The Hall–Kier alpha value is 0.419. The first-order valence-corrected chi connectivity index (χ1v) is 1.07. The number of hydrogen-bond donors (Lipinski definition) is 0. The maximum Gasteiger partial charge on any atom is 3.00 e. The molecule has 0 spiro atoms. The Kier molecular flexibility index (Phi) is 14.6. The molecule has 0 aromatic rings. The molecule has 0 bridgehead atoms. The number of aliphatic carboxylic acids is 2. The Balaban J connectivity index is -0.000000125. The van der Waals surface area contributed by atoms with Gasteiger partial charge in [0.25, 0.3) is 0 Å². The summed E-state index contributed by atoms with van der Waals surface area (Å²) in [5.74, 6) is -4.37. The molecule has 0 aliphatic heterocycles. The summed E-state index contributed by atoms with van der Waals surface area (Å²) in [6.45, 7) is 0. The van der Waals surface area contributed by atoms with Crippen molar-refractivity contribution in [2.45, 2.75) is 0 Å². The molecule has 0 rings (SSSR count). The number of carbonyl (C=O) groups excluding carboxylic acids is 2. The molecule has 0 unspecified atom stereocenters. The predicted octanol–water partition coefficient (Wildman–Crippen LogP) is -4.34. The monoisotopic (exact) mass is 280 g/mol. The van der Waals surface area contributed by atoms with Crippen molar-refractivity contribution in [3.63, 3.8) is 0 Å². The van der Waals surface area contributed by atoms with Gasteiger partial charge in [-0.25, -0.2) is 0 Å². The summed E-state index contributed by atoms with van der Waals surface area (Å²) in [6, 6.07) is 0. The van der Waals surface area contributed by atoms with E-state index in [1.54, 1.807) is 0 Å². The summed E-state index contributed by atoms with van der Waals surface area (Å²) < 4.78 is 0. The van der Waals surface area contributed by atoms with Crippen LogP contribution in [-0.2, 0) is 9.59 Å². The zero-order chi connectivity index (χ0) is 5.15. The van der Waals surface area contributed by atoms with Crippen LogP contribution in [0.1, 0.15) is 0 Å². The van der Waals surface area contributed by atoms with E-state index in [1.807, 2.05) is 0 Å². The van der Waals surface area contributed by atoms with E-state index in [-0.39, 0.29) is 52.4 Å². The second-order valence-electron chi connectivity index (χ2n) is 0.575. The van der Waals surface area contributed by atoms with Crippen LogP contribution < -0.4 is 10.2 Å². The van der Waals surface area contributed by atoms with Gasteiger partial charge in [0.15, 0.2) is 0 Å². The van der Waals surface area contributed by atoms with Crippen LogP contribution in [0.2, 0.25) is 0 Å². The van der Waals surface area contributed by atoms with Gasteiger partial charge in [-0.3, -0.25) is 0 Å². The first-order valence-electron chi connectivity index (χ1n) is 1.07. The summed E-state index contributed by atoms with van der Waals surface area (Å²) in [4.78, 5) is 17.9. The van der Waals surface area contributed by atoms with Crippen molar-refractivity contribution in [3.8, 4) is 0 Å². The van der Waals surface area contributed by atoms with Gasteiger partial charge < -0.3 is 25.3 Å². The second kappa shape index (κ2) is 7.42. The molecule has 1 radical (unpaired) electrons. The van der Waals surface area contributed by atoms with Crippen molar-refractivity contribution >= 4 is 11.9 Å². The molecule has 53 valence electrons. The molecule has 0 aliphatic carbocycles. The van der Waals surface area contributed by atoms with Gasteiger partial charge in [0.05, 0.1) is 11.9 Å². The van der Waals surface area contributed by atoms with E-state index in [0.29, 0.717) is 0 Å². The maximum atomic E-state index is 8.93. The van der Waals surface area contributed by atoms with Crippen LogP contribution in [0.15, 0.2) is 0 Å². The largest absolute Gasteiger partial charge is 3.00 e. The maximum absolute atomic E-state index is 8.93. The molecule has 0 aromatic carbocycles. The number of carbonyl (C=O) groups is 2. The van der Waals surface area contributed by atoms with Gasteiger partial charge in [0.2, 0.25) is 0 Å². The average Bonchev–Trinajstić information content (AvgIpc) is 1.36. The molecule has 0 saturated carbocycles. The second-order valence-corrected chi connectivity index (χ2v) is 0.575. The summed E-state index contributed by atoms with van der Waals surface area (Å²) in [5, 5.41) is 17.9.